The second kappa shape index (κ2) is 6.41. The van der Waals surface area contributed by atoms with Gasteiger partial charge < -0.3 is 5.11 Å². The van der Waals surface area contributed by atoms with E-state index in [0.29, 0.717) is 5.92 Å². The zero-order valence-electron chi connectivity index (χ0n) is 7.71. The van der Waals surface area contributed by atoms with Gasteiger partial charge in [0.25, 0.3) is 0 Å². The summed E-state index contributed by atoms with van der Waals surface area (Å²) in [5.74, 6) is 0.685. The minimum Gasteiger partial charge on any atom is -0.393 e. The largest absolute Gasteiger partial charge is 0.393 e. The highest BCUT2D eigenvalue weighted by Gasteiger charge is 2.09. The molecule has 0 fully saturated rings. The Bertz CT molecular complexity index is 95.0. The van der Waals surface area contributed by atoms with E-state index in [1.807, 2.05) is 0 Å². The number of hydrogen-bond acceptors (Lipinski definition) is 1. The Hall–Kier alpha value is -0.300. The van der Waals surface area contributed by atoms with Crippen LogP contribution in [0.5, 0.6) is 0 Å². The molecule has 0 heterocycles. The predicted molar refractivity (Wildman–Crippen MR) is 49.5 cm³/mol. The minimum absolute atomic E-state index is 0.169. The van der Waals surface area contributed by atoms with E-state index < -0.39 is 0 Å². The van der Waals surface area contributed by atoms with E-state index in [-0.39, 0.29) is 6.10 Å². The third-order valence-corrected chi connectivity index (χ3v) is 2.20. The van der Waals surface area contributed by atoms with E-state index in [0.717, 1.165) is 12.8 Å². The summed E-state index contributed by atoms with van der Waals surface area (Å²) in [7, 11) is 0. The summed E-state index contributed by atoms with van der Waals surface area (Å²) in [6, 6.07) is 0. The topological polar surface area (TPSA) is 20.2 Å². The third kappa shape index (κ3) is 5.02. The van der Waals surface area contributed by atoms with Crippen LogP contribution < -0.4 is 0 Å². The molecule has 0 saturated carbocycles. The van der Waals surface area contributed by atoms with Crippen molar-refractivity contribution in [2.45, 2.75) is 45.6 Å². The highest BCUT2D eigenvalue weighted by Crippen LogP contribution is 2.16. The molecule has 0 aromatic rings. The zero-order chi connectivity index (χ0) is 8.69. The van der Waals surface area contributed by atoms with Crippen LogP contribution in [0.25, 0.3) is 0 Å². The molecule has 0 aliphatic heterocycles. The maximum absolute atomic E-state index is 9.41. The van der Waals surface area contributed by atoms with Gasteiger partial charge in [-0.3, -0.25) is 0 Å². The molecule has 1 unspecified atom stereocenters. The van der Waals surface area contributed by atoms with E-state index in [9.17, 15) is 5.11 Å². The highest BCUT2D eigenvalue weighted by atomic mass is 16.3. The molecule has 11 heavy (non-hydrogen) atoms. The molecule has 0 bridgehead atoms. The summed E-state index contributed by atoms with van der Waals surface area (Å²) < 4.78 is 0. The van der Waals surface area contributed by atoms with E-state index in [2.05, 4.69) is 20.4 Å². The van der Waals surface area contributed by atoms with Gasteiger partial charge in [0.1, 0.15) is 0 Å². The van der Waals surface area contributed by atoms with Gasteiger partial charge >= 0.3 is 0 Å². The Balaban J connectivity index is 3.52. The summed E-state index contributed by atoms with van der Waals surface area (Å²) in [6.45, 7) is 7.95. The van der Waals surface area contributed by atoms with E-state index in [1.54, 1.807) is 6.08 Å². The molecular formula is C10H20O. The van der Waals surface area contributed by atoms with Crippen molar-refractivity contribution in [2.75, 3.05) is 0 Å². The van der Waals surface area contributed by atoms with Crippen LogP contribution in [-0.2, 0) is 0 Å². The maximum Gasteiger partial charge on any atom is 0.0577 e. The van der Waals surface area contributed by atoms with Gasteiger partial charge in [0, 0.05) is 0 Å². The number of aliphatic hydroxyl groups excluding tert-OH is 1. The van der Waals surface area contributed by atoms with Crippen LogP contribution in [0, 0.1) is 5.92 Å². The fourth-order valence-electron chi connectivity index (χ4n) is 1.30. The summed E-state index contributed by atoms with van der Waals surface area (Å²) >= 11 is 0. The molecule has 0 saturated heterocycles. The smallest absolute Gasteiger partial charge is 0.0577 e. The van der Waals surface area contributed by atoms with Crippen LogP contribution in [0.1, 0.15) is 39.5 Å². The van der Waals surface area contributed by atoms with Crippen molar-refractivity contribution in [1.82, 2.24) is 0 Å². The molecule has 1 atom stereocenters. The maximum atomic E-state index is 9.41. The van der Waals surface area contributed by atoms with E-state index >= 15 is 0 Å². The molecule has 0 aromatic heterocycles. The lowest BCUT2D eigenvalue weighted by molar-refractivity contribution is 0.142. The quantitative estimate of drug-likeness (QED) is 0.586. The number of rotatable bonds is 6. The number of hydrogen-bond donors (Lipinski definition) is 1. The summed E-state index contributed by atoms with van der Waals surface area (Å²) in [4.78, 5) is 0. The van der Waals surface area contributed by atoms with Gasteiger partial charge in [0.15, 0.2) is 0 Å². The standard InChI is InChI=1S/C10H20O/c1-4-7-10(11)8-9(5-2)6-3/h4,9-11H,1,5-8H2,2-3H3. The first-order valence-electron chi connectivity index (χ1n) is 4.53. The normalized spacial score (nSPS) is 13.5. The fraction of sp³-hybridized carbons (Fsp3) is 0.800. The van der Waals surface area contributed by atoms with Crippen molar-refractivity contribution in [3.05, 3.63) is 12.7 Å². The first kappa shape index (κ1) is 10.7. The van der Waals surface area contributed by atoms with Gasteiger partial charge in [0.05, 0.1) is 6.10 Å². The Morgan fingerprint density at radius 2 is 1.91 bits per heavy atom. The minimum atomic E-state index is -0.169. The summed E-state index contributed by atoms with van der Waals surface area (Å²) in [5.41, 5.74) is 0. The average Bonchev–Trinajstić information content (AvgIpc) is 2.01. The van der Waals surface area contributed by atoms with Gasteiger partial charge in [-0.2, -0.15) is 0 Å². The molecule has 0 aliphatic carbocycles. The van der Waals surface area contributed by atoms with Crippen molar-refractivity contribution in [3.8, 4) is 0 Å². The first-order chi connectivity index (χ1) is 5.24. The molecule has 0 amide bonds. The van der Waals surface area contributed by atoms with Gasteiger partial charge in [-0.05, 0) is 18.8 Å². The molecule has 0 aliphatic rings. The van der Waals surface area contributed by atoms with Crippen LogP contribution >= 0.6 is 0 Å². The van der Waals surface area contributed by atoms with Gasteiger partial charge in [0.2, 0.25) is 0 Å². The highest BCUT2D eigenvalue weighted by molar-refractivity contribution is 4.73. The van der Waals surface area contributed by atoms with Crippen LogP contribution in [0.4, 0.5) is 0 Å². The molecule has 0 spiro atoms. The van der Waals surface area contributed by atoms with Crippen molar-refractivity contribution in [2.24, 2.45) is 5.92 Å². The SMILES string of the molecule is C=CCC(O)CC(CC)CC. The molecule has 1 nitrogen and oxygen atoms in total. The molecule has 66 valence electrons. The molecule has 1 N–H and O–H groups in total. The lowest BCUT2D eigenvalue weighted by Gasteiger charge is -2.15. The van der Waals surface area contributed by atoms with Crippen molar-refractivity contribution >= 4 is 0 Å². The predicted octanol–water partition coefficient (Wildman–Crippen LogP) is 2.75. The first-order valence-corrected chi connectivity index (χ1v) is 4.53. The number of aliphatic hydroxyl groups is 1. The van der Waals surface area contributed by atoms with Crippen LogP contribution in [0.3, 0.4) is 0 Å². The Morgan fingerprint density at radius 1 is 1.36 bits per heavy atom. The summed E-state index contributed by atoms with van der Waals surface area (Å²) in [6.07, 6.45) is 5.62. The molecule has 0 rings (SSSR count). The lowest BCUT2D eigenvalue weighted by Crippen LogP contribution is -2.11. The van der Waals surface area contributed by atoms with E-state index in [4.69, 9.17) is 0 Å². The molecule has 1 heteroatoms. The third-order valence-electron chi connectivity index (χ3n) is 2.20. The molecule has 0 aromatic carbocycles. The van der Waals surface area contributed by atoms with Crippen LogP contribution in [0.2, 0.25) is 0 Å². The van der Waals surface area contributed by atoms with Crippen LogP contribution in [0.15, 0.2) is 12.7 Å². The van der Waals surface area contributed by atoms with Gasteiger partial charge in [-0.15, -0.1) is 6.58 Å². The van der Waals surface area contributed by atoms with Gasteiger partial charge in [-0.25, -0.2) is 0 Å². The second-order valence-electron chi connectivity index (χ2n) is 3.10. The monoisotopic (exact) mass is 156 g/mol. The average molecular weight is 156 g/mol. The second-order valence-corrected chi connectivity index (χ2v) is 3.10. The zero-order valence-corrected chi connectivity index (χ0v) is 7.71. The fourth-order valence-corrected chi connectivity index (χ4v) is 1.30. The molecular weight excluding hydrogens is 136 g/mol. The Morgan fingerprint density at radius 3 is 2.27 bits per heavy atom. The lowest BCUT2D eigenvalue weighted by atomic mass is 9.95. The van der Waals surface area contributed by atoms with Crippen molar-refractivity contribution < 1.29 is 5.11 Å². The van der Waals surface area contributed by atoms with Crippen molar-refractivity contribution in [1.29, 1.82) is 0 Å². The Labute approximate surface area is 70.1 Å². The van der Waals surface area contributed by atoms with E-state index in [1.165, 1.54) is 12.8 Å². The van der Waals surface area contributed by atoms with Crippen molar-refractivity contribution in [3.63, 3.8) is 0 Å². The summed E-state index contributed by atoms with van der Waals surface area (Å²) in [5, 5.41) is 9.41. The molecule has 0 radical (unpaired) electrons. The van der Waals surface area contributed by atoms with Crippen LogP contribution in [-0.4, -0.2) is 11.2 Å². The van der Waals surface area contributed by atoms with Gasteiger partial charge in [-0.1, -0.05) is 32.8 Å². The Kier molecular flexibility index (Phi) is 6.24.